The van der Waals surface area contributed by atoms with Crippen molar-refractivity contribution in [3.8, 4) is 0 Å². The Labute approximate surface area is 147 Å². The maximum absolute atomic E-state index is 12.8. The van der Waals surface area contributed by atoms with Gasteiger partial charge in [0.2, 0.25) is 0 Å². The summed E-state index contributed by atoms with van der Waals surface area (Å²) in [5, 5.41) is 4.35. The van der Waals surface area contributed by atoms with Crippen LogP contribution in [0.2, 0.25) is 0 Å². The predicted octanol–water partition coefficient (Wildman–Crippen LogP) is 1.83. The molecule has 1 saturated heterocycles. The molecule has 2 aliphatic heterocycles. The summed E-state index contributed by atoms with van der Waals surface area (Å²) in [6, 6.07) is -0.531. The molecule has 1 fully saturated rings. The molecule has 0 aromatic carbocycles. The van der Waals surface area contributed by atoms with Crippen LogP contribution in [0.5, 0.6) is 0 Å². The number of carbonyl (C=O) groups excluding carboxylic acids is 2. The van der Waals surface area contributed by atoms with E-state index in [0.29, 0.717) is 25.2 Å². The van der Waals surface area contributed by atoms with Gasteiger partial charge in [-0.2, -0.15) is 5.10 Å². The molecule has 2 aliphatic rings. The summed E-state index contributed by atoms with van der Waals surface area (Å²) in [4.78, 5) is 26.8. The van der Waals surface area contributed by atoms with Gasteiger partial charge in [-0.25, -0.2) is 9.59 Å². The van der Waals surface area contributed by atoms with Crippen LogP contribution in [-0.2, 0) is 27.7 Å². The molecule has 0 saturated carbocycles. The first-order valence-electron chi connectivity index (χ1n) is 8.55. The third-order valence-corrected chi connectivity index (χ3v) is 4.36. The summed E-state index contributed by atoms with van der Waals surface area (Å²) in [5.74, 6) is -0.479. The number of rotatable bonds is 2. The van der Waals surface area contributed by atoms with E-state index in [1.165, 1.54) is 0 Å². The number of fused-ring (bicyclic) bond motifs is 4. The molecule has 1 amide bonds. The molecule has 1 aromatic rings. The Kier molecular flexibility index (Phi) is 4.49. The maximum atomic E-state index is 12.8. The quantitative estimate of drug-likeness (QED) is 0.756. The van der Waals surface area contributed by atoms with Crippen molar-refractivity contribution in [1.29, 1.82) is 0 Å². The average molecular weight is 351 g/mol. The van der Waals surface area contributed by atoms with Crippen LogP contribution in [-0.4, -0.2) is 58.2 Å². The fourth-order valence-electron chi connectivity index (χ4n) is 3.44. The van der Waals surface area contributed by atoms with Crippen molar-refractivity contribution in [2.45, 2.75) is 51.8 Å². The van der Waals surface area contributed by atoms with Gasteiger partial charge in [0.25, 0.3) is 0 Å². The lowest BCUT2D eigenvalue weighted by Crippen LogP contribution is -2.55. The summed E-state index contributed by atoms with van der Waals surface area (Å²) >= 11 is 0. The molecule has 3 heterocycles. The van der Waals surface area contributed by atoms with Gasteiger partial charge in [0, 0.05) is 24.7 Å². The minimum atomic E-state index is -0.592. The van der Waals surface area contributed by atoms with Gasteiger partial charge < -0.3 is 14.2 Å². The molecule has 3 rings (SSSR count). The standard InChI is InChI=1S/C17H25N3O5/c1-6-24-15(21)14-13-11(19(5)18-14)7-10-8-23-9-12(13)20(10)16(22)25-17(2,3)4/h10,12H,6-9H2,1-5H3/t10-,12-/m0/s1. The first-order valence-corrected chi connectivity index (χ1v) is 8.55. The second-order valence-electron chi connectivity index (χ2n) is 7.35. The molecule has 0 N–H and O–H groups in total. The molecule has 0 aliphatic carbocycles. The maximum Gasteiger partial charge on any atom is 0.411 e. The van der Waals surface area contributed by atoms with Crippen LogP contribution in [0.25, 0.3) is 0 Å². The highest BCUT2D eigenvalue weighted by atomic mass is 16.6. The monoisotopic (exact) mass is 351 g/mol. The van der Waals surface area contributed by atoms with Gasteiger partial charge in [0.05, 0.1) is 31.9 Å². The van der Waals surface area contributed by atoms with Crippen molar-refractivity contribution in [3.63, 3.8) is 0 Å². The summed E-state index contributed by atoms with van der Waals surface area (Å²) in [6.07, 6.45) is 0.170. The SMILES string of the molecule is CCOC(=O)c1nn(C)c2c1[C@@H]1COC[C@H](C2)N1C(=O)OC(C)(C)C. The summed E-state index contributed by atoms with van der Waals surface area (Å²) in [6.45, 7) is 8.27. The van der Waals surface area contributed by atoms with Crippen molar-refractivity contribution < 1.29 is 23.8 Å². The van der Waals surface area contributed by atoms with Gasteiger partial charge in [-0.05, 0) is 27.7 Å². The van der Waals surface area contributed by atoms with E-state index >= 15 is 0 Å². The Morgan fingerprint density at radius 2 is 2.04 bits per heavy atom. The molecule has 2 bridgehead atoms. The minimum Gasteiger partial charge on any atom is -0.461 e. The van der Waals surface area contributed by atoms with E-state index in [1.807, 2.05) is 20.8 Å². The minimum absolute atomic E-state index is 0.133. The van der Waals surface area contributed by atoms with Gasteiger partial charge in [0.1, 0.15) is 5.60 Å². The number of morpholine rings is 1. The number of hydrogen-bond acceptors (Lipinski definition) is 6. The van der Waals surface area contributed by atoms with Gasteiger partial charge in [-0.3, -0.25) is 9.58 Å². The van der Waals surface area contributed by atoms with Crippen LogP contribution in [0.3, 0.4) is 0 Å². The Morgan fingerprint density at radius 1 is 1.32 bits per heavy atom. The van der Waals surface area contributed by atoms with Crippen LogP contribution >= 0.6 is 0 Å². The number of carbonyl (C=O) groups is 2. The molecular formula is C17H25N3O5. The molecule has 8 nitrogen and oxygen atoms in total. The highest BCUT2D eigenvalue weighted by molar-refractivity contribution is 5.90. The van der Waals surface area contributed by atoms with E-state index in [4.69, 9.17) is 14.2 Å². The number of ether oxygens (including phenoxy) is 3. The number of hydrogen-bond donors (Lipinski definition) is 0. The normalized spacial score (nSPS) is 22.4. The second-order valence-corrected chi connectivity index (χ2v) is 7.35. The van der Waals surface area contributed by atoms with E-state index in [1.54, 1.807) is 23.6 Å². The van der Waals surface area contributed by atoms with E-state index in [-0.39, 0.29) is 18.3 Å². The third kappa shape index (κ3) is 3.22. The number of amides is 1. The van der Waals surface area contributed by atoms with Crippen molar-refractivity contribution >= 4 is 12.1 Å². The molecule has 8 heteroatoms. The fraction of sp³-hybridized carbons (Fsp3) is 0.706. The summed E-state index contributed by atoms with van der Waals surface area (Å²) in [5.41, 5.74) is 1.32. The van der Waals surface area contributed by atoms with Crippen molar-refractivity contribution in [2.75, 3.05) is 19.8 Å². The van der Waals surface area contributed by atoms with Crippen molar-refractivity contribution in [3.05, 3.63) is 17.0 Å². The molecule has 0 spiro atoms. The predicted molar refractivity (Wildman–Crippen MR) is 88.3 cm³/mol. The third-order valence-electron chi connectivity index (χ3n) is 4.36. The molecule has 0 unspecified atom stereocenters. The van der Waals surface area contributed by atoms with E-state index < -0.39 is 23.7 Å². The Morgan fingerprint density at radius 3 is 2.68 bits per heavy atom. The Balaban J connectivity index is 2.00. The van der Waals surface area contributed by atoms with Crippen molar-refractivity contribution in [2.24, 2.45) is 7.05 Å². The highest BCUT2D eigenvalue weighted by Crippen LogP contribution is 2.39. The average Bonchev–Trinajstić information content (AvgIpc) is 2.82. The summed E-state index contributed by atoms with van der Waals surface area (Å²) < 4.78 is 18.1. The number of nitrogens with zero attached hydrogens (tertiary/aromatic N) is 3. The van der Waals surface area contributed by atoms with Gasteiger partial charge in [-0.1, -0.05) is 0 Å². The Bertz CT molecular complexity index is 691. The lowest BCUT2D eigenvalue weighted by atomic mass is 9.90. The van der Waals surface area contributed by atoms with E-state index in [9.17, 15) is 9.59 Å². The van der Waals surface area contributed by atoms with E-state index in [0.717, 1.165) is 5.69 Å². The lowest BCUT2D eigenvalue weighted by molar-refractivity contribution is -0.0680. The fourth-order valence-corrected chi connectivity index (χ4v) is 3.44. The van der Waals surface area contributed by atoms with Crippen LogP contribution in [0.4, 0.5) is 4.79 Å². The number of esters is 1. The topological polar surface area (TPSA) is 82.9 Å². The van der Waals surface area contributed by atoms with Gasteiger partial charge >= 0.3 is 12.1 Å². The van der Waals surface area contributed by atoms with Crippen LogP contribution in [0, 0.1) is 0 Å². The zero-order valence-electron chi connectivity index (χ0n) is 15.4. The molecule has 0 radical (unpaired) electrons. The second kappa shape index (κ2) is 6.33. The number of aryl methyl sites for hydroxylation is 1. The van der Waals surface area contributed by atoms with Crippen LogP contribution in [0.1, 0.15) is 55.5 Å². The van der Waals surface area contributed by atoms with Gasteiger partial charge in [0.15, 0.2) is 5.69 Å². The highest BCUT2D eigenvalue weighted by Gasteiger charge is 2.46. The molecule has 2 atom stereocenters. The Hall–Kier alpha value is -2.09. The first-order chi connectivity index (χ1) is 11.7. The molecule has 138 valence electrons. The van der Waals surface area contributed by atoms with Crippen molar-refractivity contribution in [1.82, 2.24) is 14.7 Å². The molecule has 1 aromatic heterocycles. The largest absolute Gasteiger partial charge is 0.461 e. The first kappa shape index (κ1) is 17.7. The van der Waals surface area contributed by atoms with Crippen LogP contribution in [0.15, 0.2) is 0 Å². The zero-order chi connectivity index (χ0) is 18.4. The molecule has 25 heavy (non-hydrogen) atoms. The van der Waals surface area contributed by atoms with Gasteiger partial charge in [-0.15, -0.1) is 0 Å². The van der Waals surface area contributed by atoms with E-state index in [2.05, 4.69) is 5.10 Å². The van der Waals surface area contributed by atoms with Crippen LogP contribution < -0.4 is 0 Å². The smallest absolute Gasteiger partial charge is 0.411 e. The molecular weight excluding hydrogens is 326 g/mol. The lowest BCUT2D eigenvalue weighted by Gasteiger charge is -2.45. The number of aromatic nitrogens is 2. The summed E-state index contributed by atoms with van der Waals surface area (Å²) in [7, 11) is 1.81. The zero-order valence-corrected chi connectivity index (χ0v) is 15.4.